The minimum absolute atomic E-state index is 0.00849. The fourth-order valence-corrected chi connectivity index (χ4v) is 2.76. The van der Waals surface area contributed by atoms with E-state index in [2.05, 4.69) is 14.9 Å². The van der Waals surface area contributed by atoms with Crippen molar-refractivity contribution in [2.45, 2.75) is 19.6 Å². The van der Waals surface area contributed by atoms with Crippen molar-refractivity contribution in [1.82, 2.24) is 9.97 Å². The van der Waals surface area contributed by atoms with E-state index in [-0.39, 0.29) is 6.61 Å². The molecule has 1 N–H and O–H groups in total. The lowest BCUT2D eigenvalue weighted by atomic mass is 10.2. The lowest BCUT2D eigenvalue weighted by Crippen LogP contribution is -2.20. The number of aliphatic hydroxyl groups excluding tert-OH is 1. The number of ether oxygens (including phenoxy) is 1. The topological polar surface area (TPSA) is 58.5 Å². The molecule has 0 aromatic carbocycles. The maximum Gasteiger partial charge on any atom is 0.185 e. The molecule has 2 aromatic rings. The summed E-state index contributed by atoms with van der Waals surface area (Å²) in [6, 6.07) is 4.04. The fraction of sp³-hybridized carbons (Fsp3) is 0.429. The Balaban J connectivity index is 2.00. The van der Waals surface area contributed by atoms with E-state index < -0.39 is 0 Å². The number of thiazole rings is 1. The standard InChI is InChI=1S/C14H19N3O2S/c1-17(8-5-11-3-6-15-7-4-11)14-16-12(10-19-2)13(9-18)20-14/h3-4,6-7,18H,5,8-10H2,1-2H3. The Morgan fingerprint density at radius 1 is 1.35 bits per heavy atom. The summed E-state index contributed by atoms with van der Waals surface area (Å²) in [6.07, 6.45) is 4.55. The van der Waals surface area contributed by atoms with Gasteiger partial charge in [-0.3, -0.25) is 4.98 Å². The smallest absolute Gasteiger partial charge is 0.185 e. The van der Waals surface area contributed by atoms with Gasteiger partial charge >= 0.3 is 0 Å². The minimum Gasteiger partial charge on any atom is -0.391 e. The van der Waals surface area contributed by atoms with Crippen LogP contribution in [0.25, 0.3) is 0 Å². The molecule has 0 aliphatic carbocycles. The quantitative estimate of drug-likeness (QED) is 0.844. The first kappa shape index (κ1) is 14.9. The van der Waals surface area contributed by atoms with E-state index in [4.69, 9.17) is 4.74 Å². The number of hydrogen-bond acceptors (Lipinski definition) is 6. The van der Waals surface area contributed by atoms with Crippen molar-refractivity contribution in [2.24, 2.45) is 0 Å². The van der Waals surface area contributed by atoms with Crippen molar-refractivity contribution >= 4 is 16.5 Å². The first-order valence-electron chi connectivity index (χ1n) is 6.43. The van der Waals surface area contributed by atoms with Crippen LogP contribution in [-0.2, 0) is 24.4 Å². The number of nitrogens with zero attached hydrogens (tertiary/aromatic N) is 3. The molecule has 2 heterocycles. The van der Waals surface area contributed by atoms with Gasteiger partial charge in [0.05, 0.1) is 23.8 Å². The third kappa shape index (κ3) is 3.75. The van der Waals surface area contributed by atoms with Crippen LogP contribution in [0.4, 0.5) is 5.13 Å². The number of rotatable bonds is 7. The molecule has 0 spiro atoms. The van der Waals surface area contributed by atoms with Gasteiger partial charge in [-0.2, -0.15) is 0 Å². The molecule has 0 aliphatic heterocycles. The van der Waals surface area contributed by atoms with Gasteiger partial charge in [-0.1, -0.05) is 11.3 Å². The first-order valence-corrected chi connectivity index (χ1v) is 7.24. The summed E-state index contributed by atoms with van der Waals surface area (Å²) in [7, 11) is 3.64. The second-order valence-electron chi connectivity index (χ2n) is 4.48. The van der Waals surface area contributed by atoms with Crippen LogP contribution in [0.5, 0.6) is 0 Å². The molecule has 0 amide bonds. The largest absolute Gasteiger partial charge is 0.391 e. The van der Waals surface area contributed by atoms with Crippen molar-refractivity contribution in [3.63, 3.8) is 0 Å². The normalized spacial score (nSPS) is 10.8. The maximum absolute atomic E-state index is 9.34. The summed E-state index contributed by atoms with van der Waals surface area (Å²) >= 11 is 1.52. The average Bonchev–Trinajstić information content (AvgIpc) is 2.89. The van der Waals surface area contributed by atoms with Gasteiger partial charge < -0.3 is 14.7 Å². The highest BCUT2D eigenvalue weighted by atomic mass is 32.1. The average molecular weight is 293 g/mol. The lowest BCUT2D eigenvalue weighted by molar-refractivity contribution is 0.179. The van der Waals surface area contributed by atoms with E-state index in [1.54, 1.807) is 19.5 Å². The van der Waals surface area contributed by atoms with Crippen LogP contribution in [0.15, 0.2) is 24.5 Å². The van der Waals surface area contributed by atoms with Crippen LogP contribution >= 0.6 is 11.3 Å². The molecule has 108 valence electrons. The maximum atomic E-state index is 9.34. The molecule has 2 rings (SSSR count). The number of aromatic nitrogens is 2. The predicted molar refractivity (Wildman–Crippen MR) is 80.0 cm³/mol. The molecule has 0 bridgehead atoms. The molecular weight excluding hydrogens is 274 g/mol. The van der Waals surface area contributed by atoms with Gasteiger partial charge in [0.2, 0.25) is 0 Å². The summed E-state index contributed by atoms with van der Waals surface area (Å²) in [6.45, 7) is 1.31. The molecule has 6 heteroatoms. The van der Waals surface area contributed by atoms with Crippen LogP contribution in [0.2, 0.25) is 0 Å². The molecule has 0 fully saturated rings. The Morgan fingerprint density at radius 3 is 2.75 bits per heavy atom. The predicted octanol–water partition coefficient (Wildman–Crippen LogP) is 1.86. The third-order valence-electron chi connectivity index (χ3n) is 3.00. The second kappa shape index (κ2) is 7.33. The Kier molecular flexibility index (Phi) is 5.46. The number of likely N-dealkylation sites (N-methyl/N-ethyl adjacent to an activating group) is 1. The van der Waals surface area contributed by atoms with E-state index in [1.165, 1.54) is 16.9 Å². The van der Waals surface area contributed by atoms with Crippen molar-refractivity contribution in [3.05, 3.63) is 40.7 Å². The first-order chi connectivity index (χ1) is 9.74. The summed E-state index contributed by atoms with van der Waals surface area (Å²) in [5.74, 6) is 0. The van der Waals surface area contributed by atoms with E-state index in [0.29, 0.717) is 6.61 Å². The zero-order valence-electron chi connectivity index (χ0n) is 11.7. The van der Waals surface area contributed by atoms with Crippen LogP contribution in [0.1, 0.15) is 16.1 Å². The monoisotopic (exact) mass is 293 g/mol. The Morgan fingerprint density at radius 2 is 2.10 bits per heavy atom. The summed E-state index contributed by atoms with van der Waals surface area (Å²) < 4.78 is 5.10. The van der Waals surface area contributed by atoms with Crippen LogP contribution < -0.4 is 4.90 Å². The Hall–Kier alpha value is -1.50. The highest BCUT2D eigenvalue weighted by Gasteiger charge is 2.13. The summed E-state index contributed by atoms with van der Waals surface area (Å²) in [5, 5.41) is 10.2. The van der Waals surface area contributed by atoms with Crippen molar-refractivity contribution in [2.75, 3.05) is 25.6 Å². The van der Waals surface area contributed by atoms with Crippen molar-refractivity contribution < 1.29 is 9.84 Å². The van der Waals surface area contributed by atoms with Gasteiger partial charge in [-0.25, -0.2) is 4.98 Å². The number of aliphatic hydroxyl groups is 1. The van der Waals surface area contributed by atoms with Gasteiger partial charge in [0.1, 0.15) is 0 Å². The SMILES string of the molecule is COCc1nc(N(C)CCc2ccncc2)sc1CO. The molecule has 0 unspecified atom stereocenters. The van der Waals surface area contributed by atoms with Gasteiger partial charge in [-0.05, 0) is 24.1 Å². The zero-order chi connectivity index (χ0) is 14.4. The highest BCUT2D eigenvalue weighted by molar-refractivity contribution is 7.15. The van der Waals surface area contributed by atoms with Crippen LogP contribution in [0.3, 0.4) is 0 Å². The Labute approximate surface area is 122 Å². The third-order valence-corrected chi connectivity index (χ3v) is 4.20. The molecule has 2 aromatic heterocycles. The molecule has 0 saturated carbocycles. The van der Waals surface area contributed by atoms with Crippen LogP contribution in [0, 0.1) is 0 Å². The molecule has 0 saturated heterocycles. The summed E-state index contributed by atoms with van der Waals surface area (Å²) in [4.78, 5) is 11.5. The fourth-order valence-electron chi connectivity index (χ4n) is 1.85. The van der Waals surface area contributed by atoms with Crippen molar-refractivity contribution in [1.29, 1.82) is 0 Å². The molecular formula is C14H19N3O2S. The van der Waals surface area contributed by atoms with E-state index in [1.807, 2.05) is 19.2 Å². The Bertz CT molecular complexity index is 530. The van der Waals surface area contributed by atoms with Gasteiger partial charge in [0.25, 0.3) is 0 Å². The molecule has 0 aliphatic rings. The van der Waals surface area contributed by atoms with Gasteiger partial charge in [-0.15, -0.1) is 0 Å². The number of hydrogen-bond donors (Lipinski definition) is 1. The van der Waals surface area contributed by atoms with E-state index in [9.17, 15) is 5.11 Å². The van der Waals surface area contributed by atoms with E-state index >= 15 is 0 Å². The number of anilines is 1. The molecule has 0 atom stereocenters. The molecule has 5 nitrogen and oxygen atoms in total. The minimum atomic E-state index is 0.00849. The highest BCUT2D eigenvalue weighted by Crippen LogP contribution is 2.26. The second-order valence-corrected chi connectivity index (χ2v) is 5.55. The van der Waals surface area contributed by atoms with Gasteiger partial charge in [0.15, 0.2) is 5.13 Å². The number of pyridine rings is 1. The molecule has 0 radical (unpaired) electrons. The van der Waals surface area contributed by atoms with E-state index in [0.717, 1.165) is 28.7 Å². The van der Waals surface area contributed by atoms with Crippen molar-refractivity contribution in [3.8, 4) is 0 Å². The molecule has 20 heavy (non-hydrogen) atoms. The number of methoxy groups -OCH3 is 1. The van der Waals surface area contributed by atoms with Gasteiger partial charge in [0, 0.05) is 33.1 Å². The lowest BCUT2D eigenvalue weighted by Gasteiger charge is -2.15. The zero-order valence-corrected chi connectivity index (χ0v) is 12.6. The van der Waals surface area contributed by atoms with Crippen LogP contribution in [-0.4, -0.2) is 35.8 Å². The summed E-state index contributed by atoms with van der Waals surface area (Å²) in [5.41, 5.74) is 2.08.